The van der Waals surface area contributed by atoms with Gasteiger partial charge in [0.25, 0.3) is 0 Å². The molecule has 0 aromatic rings. The molecular formula is C23H48O6Si2. The molecule has 0 amide bonds. The Morgan fingerprint density at radius 1 is 0.645 bits per heavy atom. The Hall–Kier alpha value is 0.194. The number of unbranched alkanes of at least 4 members (excludes halogenated alkanes) is 1. The van der Waals surface area contributed by atoms with Crippen LogP contribution in [0.15, 0.2) is 0 Å². The van der Waals surface area contributed by atoms with Crippen molar-refractivity contribution in [3.05, 3.63) is 0 Å². The van der Waals surface area contributed by atoms with E-state index < -0.39 is 17.6 Å². The standard InChI is InChI=1S/C16H30O3Si.C7H18O3Si/c1-17-20(18-2,19-3)9-5-6-12-10-13-11-16(12)15-8-4-7-14(13)15;1-5-6-7-11(8-2,9-3)10-4/h12-16H,4-11H2,1-3H3;5-7H2,1-4H3. The van der Waals surface area contributed by atoms with Crippen molar-refractivity contribution in [3.8, 4) is 0 Å². The van der Waals surface area contributed by atoms with Gasteiger partial charge in [0.1, 0.15) is 0 Å². The predicted molar refractivity (Wildman–Crippen MR) is 128 cm³/mol. The summed E-state index contributed by atoms with van der Waals surface area (Å²) in [5, 5.41) is 0. The molecule has 5 unspecified atom stereocenters. The van der Waals surface area contributed by atoms with E-state index in [9.17, 15) is 0 Å². The lowest BCUT2D eigenvalue weighted by molar-refractivity contribution is 0.120. The SMILES string of the molecule is CCCC[Si](OC)(OC)OC.CO[Si](CCCC1CC2CC1C1CCCC21)(OC)OC. The van der Waals surface area contributed by atoms with E-state index in [1.54, 1.807) is 49.1 Å². The molecule has 0 aliphatic heterocycles. The first kappa shape index (κ1) is 27.4. The highest BCUT2D eigenvalue weighted by Crippen LogP contribution is 2.61. The average Bonchev–Trinajstić information content (AvgIpc) is 3.53. The van der Waals surface area contributed by atoms with Crippen LogP contribution in [0.3, 0.4) is 0 Å². The molecule has 3 rings (SSSR count). The number of hydrogen-bond acceptors (Lipinski definition) is 6. The minimum atomic E-state index is -2.34. The molecule has 3 saturated carbocycles. The fraction of sp³-hybridized carbons (Fsp3) is 1.00. The number of fused-ring (bicyclic) bond motifs is 5. The zero-order valence-corrected chi connectivity index (χ0v) is 23.1. The molecule has 31 heavy (non-hydrogen) atoms. The summed E-state index contributed by atoms with van der Waals surface area (Å²) in [4.78, 5) is 0. The van der Waals surface area contributed by atoms with Gasteiger partial charge in [-0.2, -0.15) is 0 Å². The van der Waals surface area contributed by atoms with Crippen molar-refractivity contribution < 1.29 is 26.6 Å². The molecule has 0 heterocycles. The molecule has 5 atom stereocenters. The topological polar surface area (TPSA) is 55.4 Å². The van der Waals surface area contributed by atoms with Crippen molar-refractivity contribution in [2.45, 2.75) is 76.8 Å². The largest absolute Gasteiger partial charge is 0.500 e. The maximum Gasteiger partial charge on any atom is 0.500 e. The van der Waals surface area contributed by atoms with Crippen LogP contribution in [0.25, 0.3) is 0 Å². The Morgan fingerprint density at radius 3 is 1.68 bits per heavy atom. The first-order chi connectivity index (χ1) is 15.0. The monoisotopic (exact) mass is 476 g/mol. The van der Waals surface area contributed by atoms with Crippen molar-refractivity contribution in [3.63, 3.8) is 0 Å². The molecule has 3 aliphatic rings. The summed E-state index contributed by atoms with van der Waals surface area (Å²) in [6.07, 6.45) is 12.4. The van der Waals surface area contributed by atoms with Gasteiger partial charge in [0, 0.05) is 54.7 Å². The van der Waals surface area contributed by atoms with Crippen molar-refractivity contribution >= 4 is 17.6 Å². The highest BCUT2D eigenvalue weighted by Gasteiger charge is 2.53. The third-order valence-corrected chi connectivity index (χ3v) is 14.0. The van der Waals surface area contributed by atoms with Crippen LogP contribution in [-0.2, 0) is 26.6 Å². The molecular weight excluding hydrogens is 428 g/mol. The lowest BCUT2D eigenvalue weighted by Crippen LogP contribution is -2.42. The van der Waals surface area contributed by atoms with E-state index in [4.69, 9.17) is 26.6 Å². The molecule has 8 heteroatoms. The van der Waals surface area contributed by atoms with E-state index in [2.05, 4.69) is 6.92 Å². The van der Waals surface area contributed by atoms with Gasteiger partial charge in [0.2, 0.25) is 0 Å². The average molecular weight is 477 g/mol. The van der Waals surface area contributed by atoms with Gasteiger partial charge in [0.15, 0.2) is 0 Å². The Bertz CT molecular complexity index is 484. The van der Waals surface area contributed by atoms with Crippen LogP contribution in [0, 0.1) is 29.6 Å². The molecule has 0 aromatic carbocycles. The van der Waals surface area contributed by atoms with Gasteiger partial charge in [0.05, 0.1) is 0 Å². The molecule has 0 spiro atoms. The third-order valence-electron chi connectivity index (χ3n) is 8.33. The minimum Gasteiger partial charge on any atom is -0.377 e. The van der Waals surface area contributed by atoms with Crippen LogP contribution >= 0.6 is 0 Å². The molecule has 3 fully saturated rings. The molecule has 6 nitrogen and oxygen atoms in total. The van der Waals surface area contributed by atoms with Gasteiger partial charge in [-0.1, -0.05) is 26.2 Å². The number of rotatable bonds is 13. The van der Waals surface area contributed by atoms with Gasteiger partial charge < -0.3 is 26.6 Å². The van der Waals surface area contributed by atoms with Crippen LogP contribution in [-0.4, -0.2) is 60.3 Å². The summed E-state index contributed by atoms with van der Waals surface area (Å²) < 4.78 is 32.3. The molecule has 0 saturated heterocycles. The zero-order chi connectivity index (χ0) is 22.9. The maximum absolute atomic E-state index is 5.53. The molecule has 3 aliphatic carbocycles. The van der Waals surface area contributed by atoms with Gasteiger partial charge in [-0.3, -0.25) is 0 Å². The van der Waals surface area contributed by atoms with Gasteiger partial charge in [-0.15, -0.1) is 0 Å². The lowest BCUT2D eigenvalue weighted by Gasteiger charge is -2.32. The second kappa shape index (κ2) is 13.2. The predicted octanol–water partition coefficient (Wildman–Crippen LogP) is 5.38. The first-order valence-electron chi connectivity index (χ1n) is 12.3. The first-order valence-corrected chi connectivity index (χ1v) is 16.1. The van der Waals surface area contributed by atoms with Crippen molar-refractivity contribution in [2.24, 2.45) is 29.6 Å². The number of hydrogen-bond donors (Lipinski definition) is 0. The van der Waals surface area contributed by atoms with E-state index in [0.717, 1.165) is 54.5 Å². The van der Waals surface area contributed by atoms with Crippen molar-refractivity contribution in [1.29, 1.82) is 0 Å². The molecule has 184 valence electrons. The Labute approximate surface area is 193 Å². The summed E-state index contributed by atoms with van der Waals surface area (Å²) in [7, 11) is 5.53. The van der Waals surface area contributed by atoms with Gasteiger partial charge in [-0.05, 0) is 68.1 Å². The third kappa shape index (κ3) is 6.62. The van der Waals surface area contributed by atoms with Gasteiger partial charge in [-0.25, -0.2) is 0 Å². The summed E-state index contributed by atoms with van der Waals surface area (Å²) in [6, 6.07) is 1.88. The van der Waals surface area contributed by atoms with Crippen LogP contribution in [0.2, 0.25) is 12.1 Å². The van der Waals surface area contributed by atoms with Crippen LogP contribution in [0.4, 0.5) is 0 Å². The highest BCUT2D eigenvalue weighted by molar-refractivity contribution is 6.60. The van der Waals surface area contributed by atoms with Crippen LogP contribution in [0.5, 0.6) is 0 Å². The molecule has 0 aromatic heterocycles. The summed E-state index contributed by atoms with van der Waals surface area (Å²) in [6.45, 7) is 2.14. The van der Waals surface area contributed by atoms with E-state index in [-0.39, 0.29) is 0 Å². The molecule has 2 bridgehead atoms. The van der Waals surface area contributed by atoms with Crippen molar-refractivity contribution in [1.82, 2.24) is 0 Å². The quantitative estimate of drug-likeness (QED) is 0.333. The second-order valence-corrected chi connectivity index (χ2v) is 15.7. The van der Waals surface area contributed by atoms with Gasteiger partial charge >= 0.3 is 17.6 Å². The minimum absolute atomic E-state index is 0.910. The van der Waals surface area contributed by atoms with Crippen LogP contribution in [0.1, 0.15) is 64.7 Å². The normalized spacial score (nSPS) is 29.7. The Morgan fingerprint density at radius 2 is 1.16 bits per heavy atom. The Balaban J connectivity index is 0.000000267. The fourth-order valence-corrected chi connectivity index (χ4v) is 10.3. The smallest absolute Gasteiger partial charge is 0.377 e. The van der Waals surface area contributed by atoms with Crippen LogP contribution < -0.4 is 0 Å². The summed E-state index contributed by atoms with van der Waals surface area (Å²) in [5.41, 5.74) is 0. The second-order valence-electron chi connectivity index (χ2n) is 9.50. The Kier molecular flexibility index (Phi) is 11.7. The molecule has 0 N–H and O–H groups in total. The lowest BCUT2D eigenvalue weighted by atomic mass is 9.74. The van der Waals surface area contributed by atoms with E-state index in [1.807, 2.05) is 0 Å². The fourth-order valence-electron chi connectivity index (χ4n) is 6.63. The highest BCUT2D eigenvalue weighted by atomic mass is 28.4. The van der Waals surface area contributed by atoms with E-state index in [0.29, 0.717) is 0 Å². The molecule has 0 radical (unpaired) electrons. The van der Waals surface area contributed by atoms with E-state index >= 15 is 0 Å². The summed E-state index contributed by atoms with van der Waals surface area (Å²) in [5.74, 6) is 5.31. The van der Waals surface area contributed by atoms with Crippen molar-refractivity contribution in [2.75, 3.05) is 42.7 Å². The van der Waals surface area contributed by atoms with E-state index in [1.165, 1.54) is 38.5 Å². The maximum atomic E-state index is 5.53. The summed E-state index contributed by atoms with van der Waals surface area (Å²) >= 11 is 0. The zero-order valence-electron chi connectivity index (χ0n) is 21.1.